The minimum atomic E-state index is -3.67. The van der Waals surface area contributed by atoms with E-state index in [9.17, 15) is 18.3 Å². The van der Waals surface area contributed by atoms with Crippen LogP contribution in [0.3, 0.4) is 0 Å². The maximum atomic E-state index is 13.0. The number of hydrogen-bond donors (Lipinski definition) is 4. The molecule has 0 aliphatic carbocycles. The normalized spacial score (nSPS) is 12.1. The molecule has 5 N–H and O–H groups in total. The highest BCUT2D eigenvalue weighted by molar-refractivity contribution is 7.90. The monoisotopic (exact) mass is 437 g/mol. The quantitative estimate of drug-likeness (QED) is 0.314. The molecule has 0 bridgehead atoms. The lowest BCUT2D eigenvalue weighted by molar-refractivity contribution is -0.137. The molecule has 31 heavy (non-hydrogen) atoms. The first-order valence-electron chi connectivity index (χ1n) is 9.54. The average Bonchev–Trinajstić information content (AvgIpc) is 2.72. The zero-order valence-electron chi connectivity index (χ0n) is 16.7. The van der Waals surface area contributed by atoms with Crippen LogP contribution in [0.15, 0.2) is 83.8 Å². The van der Waals surface area contributed by atoms with Crippen LogP contribution in [0, 0.1) is 5.41 Å². The van der Waals surface area contributed by atoms with Gasteiger partial charge in [0.25, 0.3) is 0 Å². The summed E-state index contributed by atoms with van der Waals surface area (Å²) < 4.78 is 25.9. The van der Waals surface area contributed by atoms with Gasteiger partial charge in [-0.1, -0.05) is 60.7 Å². The van der Waals surface area contributed by atoms with E-state index in [0.717, 1.165) is 11.1 Å². The molecule has 3 aromatic rings. The predicted octanol–water partition coefficient (Wildman–Crippen LogP) is 3.57. The number of nitrogens with one attached hydrogen (secondary N) is 2. The van der Waals surface area contributed by atoms with Crippen LogP contribution in [-0.4, -0.2) is 25.5 Å². The number of anilines is 1. The van der Waals surface area contributed by atoms with Crippen LogP contribution in [0.2, 0.25) is 0 Å². The Morgan fingerprint density at radius 1 is 0.968 bits per heavy atom. The van der Waals surface area contributed by atoms with Gasteiger partial charge in [0.2, 0.25) is 0 Å². The van der Waals surface area contributed by atoms with Crippen molar-refractivity contribution >= 4 is 27.5 Å². The summed E-state index contributed by atoms with van der Waals surface area (Å²) in [6.45, 7) is 0. The van der Waals surface area contributed by atoms with Gasteiger partial charge in [-0.2, -0.15) is 0 Å². The molecular formula is C23H23N3O4S. The Morgan fingerprint density at radius 2 is 1.65 bits per heavy atom. The van der Waals surface area contributed by atoms with Crippen LogP contribution in [0.4, 0.5) is 5.69 Å². The average molecular weight is 438 g/mol. The van der Waals surface area contributed by atoms with Crippen LogP contribution in [0.1, 0.15) is 29.0 Å². The van der Waals surface area contributed by atoms with E-state index in [2.05, 4.69) is 5.32 Å². The predicted molar refractivity (Wildman–Crippen MR) is 120 cm³/mol. The van der Waals surface area contributed by atoms with Gasteiger partial charge < -0.3 is 16.2 Å². The molecule has 0 amide bonds. The number of carbonyl (C=O) groups is 1. The van der Waals surface area contributed by atoms with E-state index in [-0.39, 0.29) is 28.9 Å². The standard InChI is InChI=1S/C23H23N3O4S/c24-23(25)26-19-10-5-11-20(13-19)31(29,30)15-16-6-4-9-18(12-16)21(14-22(27)28)17-7-2-1-3-8-17/h1-13,21H,14-15H2,(H,27,28)(H4,24,25,26). The number of rotatable bonds is 8. The first-order valence-corrected chi connectivity index (χ1v) is 11.2. The first kappa shape index (κ1) is 22.0. The second-order valence-electron chi connectivity index (χ2n) is 7.13. The zero-order chi connectivity index (χ0) is 22.4. The van der Waals surface area contributed by atoms with E-state index >= 15 is 0 Å². The minimum absolute atomic E-state index is 0.0982. The van der Waals surface area contributed by atoms with Crippen LogP contribution < -0.4 is 11.1 Å². The Hall–Kier alpha value is -3.65. The molecular weight excluding hydrogens is 414 g/mol. The van der Waals surface area contributed by atoms with Gasteiger partial charge in [-0.3, -0.25) is 10.2 Å². The molecule has 0 radical (unpaired) electrons. The summed E-state index contributed by atoms with van der Waals surface area (Å²) in [5.41, 5.74) is 7.89. The molecule has 0 saturated heterocycles. The largest absolute Gasteiger partial charge is 0.481 e. The van der Waals surface area contributed by atoms with Crippen molar-refractivity contribution in [2.75, 3.05) is 5.32 Å². The summed E-state index contributed by atoms with van der Waals surface area (Å²) in [5.74, 6) is -1.84. The highest BCUT2D eigenvalue weighted by atomic mass is 32.2. The van der Waals surface area contributed by atoms with E-state index in [1.54, 1.807) is 30.3 Å². The fourth-order valence-corrected chi connectivity index (χ4v) is 4.79. The van der Waals surface area contributed by atoms with Crippen LogP contribution in [0.25, 0.3) is 0 Å². The molecule has 1 atom stereocenters. The number of carboxylic acids is 1. The maximum absolute atomic E-state index is 13.0. The molecule has 8 heteroatoms. The van der Waals surface area contributed by atoms with Crippen molar-refractivity contribution in [3.8, 4) is 0 Å². The van der Waals surface area contributed by atoms with E-state index in [0.29, 0.717) is 11.3 Å². The van der Waals surface area contributed by atoms with Gasteiger partial charge in [0.1, 0.15) is 0 Å². The fraction of sp³-hybridized carbons (Fsp3) is 0.130. The number of aliphatic carboxylic acids is 1. The highest BCUT2D eigenvalue weighted by Gasteiger charge is 2.20. The summed E-state index contributed by atoms with van der Waals surface area (Å²) in [6.07, 6.45) is -0.0982. The maximum Gasteiger partial charge on any atom is 0.304 e. The Morgan fingerprint density at radius 3 is 2.32 bits per heavy atom. The number of hydrogen-bond acceptors (Lipinski definition) is 4. The molecule has 0 aliphatic rings. The van der Waals surface area contributed by atoms with Crippen LogP contribution in [-0.2, 0) is 20.4 Å². The van der Waals surface area contributed by atoms with Crippen molar-refractivity contribution < 1.29 is 18.3 Å². The second kappa shape index (κ2) is 9.44. The summed E-state index contributed by atoms with van der Waals surface area (Å²) in [4.78, 5) is 11.5. The molecule has 0 fully saturated rings. The molecule has 0 spiro atoms. The molecule has 7 nitrogen and oxygen atoms in total. The third kappa shape index (κ3) is 5.93. The molecule has 3 rings (SSSR count). The third-order valence-electron chi connectivity index (χ3n) is 4.76. The van der Waals surface area contributed by atoms with Crippen molar-refractivity contribution in [3.05, 3.63) is 95.6 Å². The van der Waals surface area contributed by atoms with Crippen LogP contribution in [0.5, 0.6) is 0 Å². The number of nitrogens with two attached hydrogens (primary N) is 1. The van der Waals surface area contributed by atoms with Gasteiger partial charge in [-0.15, -0.1) is 0 Å². The Kier molecular flexibility index (Phi) is 6.71. The van der Waals surface area contributed by atoms with Crippen molar-refractivity contribution in [1.82, 2.24) is 0 Å². The third-order valence-corrected chi connectivity index (χ3v) is 6.45. The van der Waals surface area contributed by atoms with Gasteiger partial charge in [0, 0.05) is 11.6 Å². The van der Waals surface area contributed by atoms with Gasteiger partial charge in [0.05, 0.1) is 17.1 Å². The van der Waals surface area contributed by atoms with E-state index < -0.39 is 15.8 Å². The lowest BCUT2D eigenvalue weighted by atomic mass is 9.88. The second-order valence-corrected chi connectivity index (χ2v) is 9.12. The van der Waals surface area contributed by atoms with Crippen molar-refractivity contribution in [2.45, 2.75) is 23.0 Å². The van der Waals surface area contributed by atoms with Crippen molar-refractivity contribution in [2.24, 2.45) is 5.73 Å². The Labute approximate surface area is 181 Å². The first-order chi connectivity index (χ1) is 14.7. The van der Waals surface area contributed by atoms with E-state index in [4.69, 9.17) is 11.1 Å². The number of benzene rings is 3. The number of guanidine groups is 1. The van der Waals surface area contributed by atoms with Crippen molar-refractivity contribution in [3.63, 3.8) is 0 Å². The fourth-order valence-electron chi connectivity index (χ4n) is 3.41. The smallest absolute Gasteiger partial charge is 0.304 e. The Bertz CT molecular complexity index is 1190. The lowest BCUT2D eigenvalue weighted by Gasteiger charge is -2.17. The van der Waals surface area contributed by atoms with Gasteiger partial charge in [-0.05, 0) is 34.9 Å². The van der Waals surface area contributed by atoms with E-state index in [1.165, 1.54) is 12.1 Å². The summed E-state index contributed by atoms with van der Waals surface area (Å²) in [7, 11) is -3.67. The molecule has 0 aliphatic heterocycles. The lowest BCUT2D eigenvalue weighted by Crippen LogP contribution is -2.20. The topological polar surface area (TPSA) is 133 Å². The number of carboxylic acid groups (broad SMARTS) is 1. The zero-order valence-corrected chi connectivity index (χ0v) is 17.5. The summed E-state index contributed by atoms with van der Waals surface area (Å²) in [5, 5.41) is 19.3. The van der Waals surface area contributed by atoms with E-state index in [1.807, 2.05) is 36.4 Å². The Balaban J connectivity index is 1.90. The van der Waals surface area contributed by atoms with Crippen LogP contribution >= 0.6 is 0 Å². The number of sulfone groups is 1. The summed E-state index contributed by atoms with van der Waals surface area (Å²) in [6, 6.07) is 22.4. The molecule has 0 heterocycles. The SMILES string of the molecule is N=C(N)Nc1cccc(S(=O)(=O)Cc2cccc(C(CC(=O)O)c3ccccc3)c2)c1. The van der Waals surface area contributed by atoms with Gasteiger partial charge in [-0.25, -0.2) is 8.42 Å². The molecule has 3 aromatic carbocycles. The van der Waals surface area contributed by atoms with Gasteiger partial charge in [0.15, 0.2) is 15.8 Å². The highest BCUT2D eigenvalue weighted by Crippen LogP contribution is 2.29. The van der Waals surface area contributed by atoms with Gasteiger partial charge >= 0.3 is 5.97 Å². The molecule has 0 saturated carbocycles. The molecule has 0 aromatic heterocycles. The summed E-state index contributed by atoms with van der Waals surface area (Å²) >= 11 is 0. The molecule has 1 unspecified atom stereocenters. The molecule has 160 valence electrons. The minimum Gasteiger partial charge on any atom is -0.481 e. The van der Waals surface area contributed by atoms with Crippen molar-refractivity contribution in [1.29, 1.82) is 5.41 Å².